The molecule has 0 amide bonds. The van der Waals surface area contributed by atoms with Gasteiger partial charge in [-0.15, -0.1) is 0 Å². The highest BCUT2D eigenvalue weighted by molar-refractivity contribution is 9.10. The second kappa shape index (κ2) is 6.15. The maximum absolute atomic E-state index is 13.3. The molecule has 1 fully saturated rings. The van der Waals surface area contributed by atoms with Crippen LogP contribution in [0.1, 0.15) is 45.6 Å². The van der Waals surface area contributed by atoms with Gasteiger partial charge in [0.2, 0.25) is 0 Å². The maximum Gasteiger partial charge on any atom is 0.137 e. The molecule has 1 aliphatic rings. The summed E-state index contributed by atoms with van der Waals surface area (Å²) < 4.78 is 13.8. The fraction of sp³-hybridized carbons (Fsp3) is 0.647. The van der Waals surface area contributed by atoms with Gasteiger partial charge in [-0.05, 0) is 64.2 Å². The molecule has 1 N–H and O–H groups in total. The van der Waals surface area contributed by atoms with Crippen molar-refractivity contribution in [3.8, 4) is 0 Å². The van der Waals surface area contributed by atoms with Crippen LogP contribution in [0.25, 0.3) is 0 Å². The Bertz CT molecular complexity index is 474. The Labute approximate surface area is 129 Å². The number of hydrogen-bond donors (Lipinski definition) is 1. The van der Waals surface area contributed by atoms with E-state index in [1.165, 1.54) is 12.5 Å². The van der Waals surface area contributed by atoms with Gasteiger partial charge in [0.05, 0.1) is 10.1 Å². The van der Waals surface area contributed by atoms with E-state index >= 15 is 0 Å². The van der Waals surface area contributed by atoms with Gasteiger partial charge in [-0.2, -0.15) is 0 Å². The molecule has 0 aliphatic heterocycles. The molecule has 20 heavy (non-hydrogen) atoms. The Morgan fingerprint density at radius 3 is 2.70 bits per heavy atom. The lowest BCUT2D eigenvalue weighted by molar-refractivity contribution is -0.0795. The summed E-state index contributed by atoms with van der Waals surface area (Å²) >= 11 is 3.23. The Balaban J connectivity index is 2.24. The average molecular weight is 343 g/mol. The van der Waals surface area contributed by atoms with Crippen LogP contribution in [-0.4, -0.2) is 10.7 Å². The normalized spacial score (nSPS) is 30.8. The van der Waals surface area contributed by atoms with Crippen molar-refractivity contribution in [3.05, 3.63) is 34.1 Å². The minimum atomic E-state index is -0.664. The molecule has 2 rings (SSSR count). The van der Waals surface area contributed by atoms with E-state index in [9.17, 15) is 9.50 Å². The van der Waals surface area contributed by atoms with Crippen molar-refractivity contribution in [2.24, 2.45) is 17.8 Å². The second-order valence-corrected chi connectivity index (χ2v) is 7.62. The van der Waals surface area contributed by atoms with E-state index < -0.39 is 5.60 Å². The number of rotatable bonds is 3. The summed E-state index contributed by atoms with van der Waals surface area (Å²) in [5, 5.41) is 11.2. The van der Waals surface area contributed by atoms with Gasteiger partial charge in [0, 0.05) is 6.42 Å². The van der Waals surface area contributed by atoms with Crippen LogP contribution in [-0.2, 0) is 6.42 Å². The third kappa shape index (κ3) is 3.43. The molecule has 1 aromatic rings. The van der Waals surface area contributed by atoms with Crippen molar-refractivity contribution < 1.29 is 9.50 Å². The molecule has 0 saturated heterocycles. The summed E-state index contributed by atoms with van der Waals surface area (Å²) in [7, 11) is 0. The van der Waals surface area contributed by atoms with E-state index in [0.717, 1.165) is 18.4 Å². The van der Waals surface area contributed by atoms with Crippen molar-refractivity contribution >= 4 is 15.9 Å². The Kier molecular flexibility index (Phi) is 4.91. The number of benzene rings is 1. The highest BCUT2D eigenvalue weighted by Crippen LogP contribution is 2.43. The average Bonchev–Trinajstić information content (AvgIpc) is 2.32. The quantitative estimate of drug-likeness (QED) is 0.823. The summed E-state index contributed by atoms with van der Waals surface area (Å²) in [6.07, 6.45) is 3.72. The minimum Gasteiger partial charge on any atom is -0.389 e. The zero-order valence-corrected chi connectivity index (χ0v) is 14.1. The molecule has 0 bridgehead atoms. The molecule has 3 atom stereocenters. The second-order valence-electron chi connectivity index (χ2n) is 6.77. The van der Waals surface area contributed by atoms with Crippen LogP contribution in [0.3, 0.4) is 0 Å². The van der Waals surface area contributed by atoms with Gasteiger partial charge in [-0.25, -0.2) is 4.39 Å². The lowest BCUT2D eigenvalue weighted by Gasteiger charge is -2.45. The predicted molar refractivity (Wildman–Crippen MR) is 84.1 cm³/mol. The third-order valence-corrected chi connectivity index (χ3v) is 5.27. The van der Waals surface area contributed by atoms with Crippen LogP contribution in [0.4, 0.5) is 4.39 Å². The first-order chi connectivity index (χ1) is 9.32. The fourth-order valence-electron chi connectivity index (χ4n) is 3.75. The van der Waals surface area contributed by atoms with Crippen molar-refractivity contribution in [3.63, 3.8) is 0 Å². The van der Waals surface area contributed by atoms with Crippen molar-refractivity contribution in [1.82, 2.24) is 0 Å². The fourth-order valence-corrected chi connectivity index (χ4v) is 4.18. The van der Waals surface area contributed by atoms with Crippen molar-refractivity contribution in [2.75, 3.05) is 0 Å². The van der Waals surface area contributed by atoms with Crippen LogP contribution >= 0.6 is 15.9 Å². The first kappa shape index (κ1) is 16.0. The lowest BCUT2D eigenvalue weighted by atomic mass is 9.65. The monoisotopic (exact) mass is 342 g/mol. The van der Waals surface area contributed by atoms with E-state index in [4.69, 9.17) is 0 Å². The molecule has 0 radical (unpaired) electrons. The van der Waals surface area contributed by atoms with Crippen LogP contribution in [0.5, 0.6) is 0 Å². The molecule has 112 valence electrons. The molecule has 3 heteroatoms. The highest BCUT2D eigenvalue weighted by atomic mass is 79.9. The smallest absolute Gasteiger partial charge is 0.137 e. The molecule has 1 aromatic carbocycles. The molecule has 3 unspecified atom stereocenters. The van der Waals surface area contributed by atoms with Gasteiger partial charge in [-0.3, -0.25) is 0 Å². The number of hydrogen-bond acceptors (Lipinski definition) is 1. The van der Waals surface area contributed by atoms with E-state index in [-0.39, 0.29) is 5.82 Å². The van der Waals surface area contributed by atoms with Crippen LogP contribution in [0.2, 0.25) is 0 Å². The van der Waals surface area contributed by atoms with Crippen LogP contribution in [0, 0.1) is 23.6 Å². The largest absolute Gasteiger partial charge is 0.389 e. The molecular weight excluding hydrogens is 319 g/mol. The topological polar surface area (TPSA) is 20.2 Å². The first-order valence-electron chi connectivity index (χ1n) is 7.48. The lowest BCUT2D eigenvalue weighted by Crippen LogP contribution is -2.47. The SMILES string of the molecule is CC1CCC(C(C)C)C(O)(Cc2ccc(F)c(Br)c2)C1. The Morgan fingerprint density at radius 1 is 1.40 bits per heavy atom. The molecule has 0 spiro atoms. The summed E-state index contributed by atoms with van der Waals surface area (Å²) in [4.78, 5) is 0. The van der Waals surface area contributed by atoms with Crippen molar-refractivity contribution in [1.29, 1.82) is 0 Å². The van der Waals surface area contributed by atoms with Gasteiger partial charge < -0.3 is 5.11 Å². The van der Waals surface area contributed by atoms with Gasteiger partial charge in [-0.1, -0.05) is 33.3 Å². The van der Waals surface area contributed by atoms with Gasteiger partial charge >= 0.3 is 0 Å². The molecule has 1 saturated carbocycles. The summed E-state index contributed by atoms with van der Waals surface area (Å²) in [6.45, 7) is 6.58. The predicted octanol–water partition coefficient (Wildman–Crippen LogP) is 4.95. The van der Waals surface area contributed by atoms with Gasteiger partial charge in [0.1, 0.15) is 5.82 Å². The number of aliphatic hydroxyl groups is 1. The zero-order valence-electron chi connectivity index (χ0n) is 12.5. The Hall–Kier alpha value is -0.410. The van der Waals surface area contributed by atoms with Crippen molar-refractivity contribution in [2.45, 2.75) is 52.1 Å². The third-order valence-electron chi connectivity index (χ3n) is 4.66. The first-order valence-corrected chi connectivity index (χ1v) is 8.27. The Morgan fingerprint density at radius 2 is 2.10 bits per heavy atom. The van der Waals surface area contributed by atoms with E-state index in [1.54, 1.807) is 12.1 Å². The zero-order chi connectivity index (χ0) is 14.9. The van der Waals surface area contributed by atoms with Gasteiger partial charge in [0.25, 0.3) is 0 Å². The van der Waals surface area contributed by atoms with E-state index in [1.807, 2.05) is 0 Å². The summed E-state index contributed by atoms with van der Waals surface area (Å²) in [6, 6.07) is 5.05. The van der Waals surface area contributed by atoms with Crippen LogP contribution in [0.15, 0.2) is 22.7 Å². The van der Waals surface area contributed by atoms with E-state index in [0.29, 0.717) is 28.6 Å². The minimum absolute atomic E-state index is 0.252. The molecule has 1 aliphatic carbocycles. The van der Waals surface area contributed by atoms with E-state index in [2.05, 4.69) is 36.7 Å². The highest BCUT2D eigenvalue weighted by Gasteiger charge is 2.42. The molecule has 1 nitrogen and oxygen atoms in total. The standard InChI is InChI=1S/C17H24BrFO/c1-11(2)14-6-4-12(3)9-17(14,20)10-13-5-7-16(19)15(18)8-13/h5,7-8,11-12,14,20H,4,6,9-10H2,1-3H3. The molecule has 0 heterocycles. The summed E-state index contributed by atoms with van der Waals surface area (Å²) in [5.74, 6) is 1.09. The number of halogens is 2. The summed E-state index contributed by atoms with van der Waals surface area (Å²) in [5.41, 5.74) is 0.337. The molecule has 0 aromatic heterocycles. The maximum atomic E-state index is 13.3. The molecular formula is C17H24BrFO. The van der Waals surface area contributed by atoms with Gasteiger partial charge in [0.15, 0.2) is 0 Å². The van der Waals surface area contributed by atoms with Crippen LogP contribution < -0.4 is 0 Å².